The first-order valence-electron chi connectivity index (χ1n) is 3.24. The maximum absolute atomic E-state index is 8.21. The van der Waals surface area contributed by atoms with Crippen molar-refractivity contribution in [2.45, 2.75) is 20.8 Å². The third kappa shape index (κ3) is 2.31. The van der Waals surface area contributed by atoms with Crippen LogP contribution in [0, 0.1) is 18.3 Å². The smallest absolute Gasteiger partial charge is 0.210 e. The Morgan fingerprint density at radius 2 is 2.20 bits per heavy atom. The van der Waals surface area contributed by atoms with Gasteiger partial charge in [-0.25, -0.2) is 4.98 Å². The second kappa shape index (κ2) is 4.57. The Morgan fingerprint density at radius 3 is 2.40 bits per heavy atom. The Bertz CT molecular complexity index is 219. The van der Waals surface area contributed by atoms with Gasteiger partial charge in [-0.05, 0) is 6.92 Å². The Labute approximate surface area is 60.7 Å². The number of H-pyrrole nitrogens is 1. The van der Waals surface area contributed by atoms with E-state index in [1.165, 1.54) is 0 Å². The molecule has 1 heterocycles. The van der Waals surface area contributed by atoms with Crippen molar-refractivity contribution in [1.82, 2.24) is 9.97 Å². The first-order valence-corrected chi connectivity index (χ1v) is 3.24. The van der Waals surface area contributed by atoms with Crippen molar-refractivity contribution < 1.29 is 0 Å². The SMILES string of the molecule is CC.Cc1cnc(C#N)[nH]1. The minimum atomic E-state index is 0.377. The van der Waals surface area contributed by atoms with Crippen molar-refractivity contribution in [3.8, 4) is 6.07 Å². The van der Waals surface area contributed by atoms with Gasteiger partial charge in [0, 0.05) is 11.9 Å². The van der Waals surface area contributed by atoms with Gasteiger partial charge in [0.15, 0.2) is 0 Å². The van der Waals surface area contributed by atoms with Gasteiger partial charge in [0.1, 0.15) is 6.07 Å². The highest BCUT2D eigenvalue weighted by Gasteiger charge is 1.89. The number of nitrogens with zero attached hydrogens (tertiary/aromatic N) is 2. The van der Waals surface area contributed by atoms with Crippen LogP contribution >= 0.6 is 0 Å². The fraction of sp³-hybridized carbons (Fsp3) is 0.429. The summed E-state index contributed by atoms with van der Waals surface area (Å²) < 4.78 is 0. The fourth-order valence-electron chi connectivity index (χ4n) is 0.470. The summed E-state index contributed by atoms with van der Waals surface area (Å²) in [5, 5.41) is 8.21. The molecule has 1 N–H and O–H groups in total. The van der Waals surface area contributed by atoms with Crippen LogP contribution in [0.3, 0.4) is 0 Å². The van der Waals surface area contributed by atoms with Gasteiger partial charge < -0.3 is 4.98 Å². The average molecular weight is 137 g/mol. The molecule has 0 bridgehead atoms. The summed E-state index contributed by atoms with van der Waals surface area (Å²) in [4.78, 5) is 6.47. The number of hydrogen-bond acceptors (Lipinski definition) is 2. The molecule has 0 aliphatic carbocycles. The lowest BCUT2D eigenvalue weighted by Gasteiger charge is -1.72. The summed E-state index contributed by atoms with van der Waals surface area (Å²) in [5.74, 6) is 0.377. The molecule has 0 aliphatic heterocycles. The second-order valence-corrected chi connectivity index (χ2v) is 1.53. The van der Waals surface area contributed by atoms with Gasteiger partial charge in [0.05, 0.1) is 0 Å². The van der Waals surface area contributed by atoms with Crippen molar-refractivity contribution in [2.75, 3.05) is 0 Å². The molecule has 0 atom stereocenters. The molecule has 3 nitrogen and oxygen atoms in total. The van der Waals surface area contributed by atoms with Crippen molar-refractivity contribution in [3.63, 3.8) is 0 Å². The molecule has 0 unspecified atom stereocenters. The number of imidazole rings is 1. The monoisotopic (exact) mass is 137 g/mol. The molecule has 0 aliphatic rings. The van der Waals surface area contributed by atoms with Crippen LogP contribution < -0.4 is 0 Å². The zero-order chi connectivity index (χ0) is 7.98. The van der Waals surface area contributed by atoms with Crippen molar-refractivity contribution >= 4 is 0 Å². The van der Waals surface area contributed by atoms with E-state index in [2.05, 4.69) is 9.97 Å². The van der Waals surface area contributed by atoms with Crippen LogP contribution in [0.4, 0.5) is 0 Å². The third-order valence-electron chi connectivity index (χ3n) is 0.809. The van der Waals surface area contributed by atoms with E-state index in [9.17, 15) is 0 Å². The van der Waals surface area contributed by atoms with Gasteiger partial charge in [-0.3, -0.25) is 0 Å². The molecule has 0 aromatic carbocycles. The summed E-state index contributed by atoms with van der Waals surface area (Å²) in [6.45, 7) is 5.86. The molecule has 1 rings (SSSR count). The molecule has 0 spiro atoms. The van der Waals surface area contributed by atoms with Crippen LogP contribution in [-0.4, -0.2) is 9.97 Å². The second-order valence-electron chi connectivity index (χ2n) is 1.53. The molecule has 0 amide bonds. The molecular weight excluding hydrogens is 126 g/mol. The summed E-state index contributed by atoms with van der Waals surface area (Å²) >= 11 is 0. The zero-order valence-electron chi connectivity index (χ0n) is 6.47. The maximum Gasteiger partial charge on any atom is 0.210 e. The van der Waals surface area contributed by atoms with Gasteiger partial charge in [-0.1, -0.05) is 13.8 Å². The molecule has 0 radical (unpaired) electrons. The number of aryl methyl sites for hydroxylation is 1. The topological polar surface area (TPSA) is 52.5 Å². The molecular formula is C7H11N3. The largest absolute Gasteiger partial charge is 0.334 e. The van der Waals surface area contributed by atoms with E-state index in [1.54, 1.807) is 6.20 Å². The highest BCUT2D eigenvalue weighted by molar-refractivity contribution is 5.11. The van der Waals surface area contributed by atoms with Crippen LogP contribution in [0.15, 0.2) is 6.20 Å². The summed E-state index contributed by atoms with van der Waals surface area (Å²) in [6.07, 6.45) is 1.62. The van der Waals surface area contributed by atoms with E-state index in [1.807, 2.05) is 26.8 Å². The molecule has 54 valence electrons. The van der Waals surface area contributed by atoms with Crippen molar-refractivity contribution in [3.05, 3.63) is 17.7 Å². The lowest BCUT2D eigenvalue weighted by atomic mass is 10.6. The zero-order valence-corrected chi connectivity index (χ0v) is 6.47. The van der Waals surface area contributed by atoms with E-state index in [0.29, 0.717) is 5.82 Å². The Morgan fingerprint density at radius 1 is 1.60 bits per heavy atom. The first-order chi connectivity index (χ1) is 4.83. The Kier molecular flexibility index (Phi) is 3.97. The summed E-state index contributed by atoms with van der Waals surface area (Å²) in [6, 6.07) is 1.88. The number of nitrogens with one attached hydrogen (secondary N) is 1. The Hall–Kier alpha value is -1.30. The van der Waals surface area contributed by atoms with Crippen LogP contribution in [0.25, 0.3) is 0 Å². The quantitative estimate of drug-likeness (QED) is 0.590. The molecule has 3 heteroatoms. The van der Waals surface area contributed by atoms with Crippen molar-refractivity contribution in [1.29, 1.82) is 5.26 Å². The predicted molar refractivity (Wildman–Crippen MR) is 39.4 cm³/mol. The number of aromatic nitrogens is 2. The third-order valence-corrected chi connectivity index (χ3v) is 0.809. The molecule has 0 saturated heterocycles. The van der Waals surface area contributed by atoms with E-state index in [4.69, 9.17) is 5.26 Å². The summed E-state index contributed by atoms with van der Waals surface area (Å²) in [7, 11) is 0. The minimum Gasteiger partial charge on any atom is -0.334 e. The van der Waals surface area contributed by atoms with Gasteiger partial charge in [0.2, 0.25) is 5.82 Å². The van der Waals surface area contributed by atoms with Crippen LogP contribution in [0.2, 0.25) is 0 Å². The van der Waals surface area contributed by atoms with E-state index < -0.39 is 0 Å². The highest BCUT2D eigenvalue weighted by Crippen LogP contribution is 1.90. The first kappa shape index (κ1) is 8.70. The van der Waals surface area contributed by atoms with E-state index in [-0.39, 0.29) is 0 Å². The molecule has 10 heavy (non-hydrogen) atoms. The number of nitriles is 1. The lowest BCUT2D eigenvalue weighted by Crippen LogP contribution is -1.73. The number of hydrogen-bond donors (Lipinski definition) is 1. The molecule has 1 aromatic heterocycles. The minimum absolute atomic E-state index is 0.377. The van der Waals surface area contributed by atoms with E-state index in [0.717, 1.165) is 5.69 Å². The van der Waals surface area contributed by atoms with Gasteiger partial charge in [-0.15, -0.1) is 0 Å². The van der Waals surface area contributed by atoms with E-state index >= 15 is 0 Å². The van der Waals surface area contributed by atoms with Crippen LogP contribution in [-0.2, 0) is 0 Å². The maximum atomic E-state index is 8.21. The molecule has 0 fully saturated rings. The Balaban J connectivity index is 0.000000371. The number of aromatic amines is 1. The number of rotatable bonds is 0. The lowest BCUT2D eigenvalue weighted by molar-refractivity contribution is 1.20. The van der Waals surface area contributed by atoms with Crippen LogP contribution in [0.5, 0.6) is 0 Å². The van der Waals surface area contributed by atoms with Crippen LogP contribution in [0.1, 0.15) is 25.4 Å². The van der Waals surface area contributed by atoms with Gasteiger partial charge in [0.25, 0.3) is 0 Å². The van der Waals surface area contributed by atoms with Gasteiger partial charge >= 0.3 is 0 Å². The fourth-order valence-corrected chi connectivity index (χ4v) is 0.470. The summed E-state index contributed by atoms with van der Waals surface area (Å²) in [5.41, 5.74) is 0.918. The van der Waals surface area contributed by atoms with Crippen molar-refractivity contribution in [2.24, 2.45) is 0 Å². The van der Waals surface area contributed by atoms with Gasteiger partial charge in [-0.2, -0.15) is 5.26 Å². The highest BCUT2D eigenvalue weighted by atomic mass is 14.9. The molecule has 0 saturated carbocycles. The average Bonchev–Trinajstić information content (AvgIpc) is 2.40. The standard InChI is InChI=1S/C5H5N3.C2H6/c1-4-3-7-5(2-6)8-4;1-2/h3H,1H3,(H,7,8);1-2H3. The molecule has 1 aromatic rings. The predicted octanol–water partition coefficient (Wildman–Crippen LogP) is 1.62. The normalized spacial score (nSPS) is 7.40.